The minimum Gasteiger partial charge on any atom is -0.496 e. The summed E-state index contributed by atoms with van der Waals surface area (Å²) in [5, 5.41) is 7.13. The van der Waals surface area contributed by atoms with Crippen LogP contribution in [0, 0.1) is 19.8 Å². The predicted octanol–water partition coefficient (Wildman–Crippen LogP) is 4.39. The summed E-state index contributed by atoms with van der Waals surface area (Å²) in [4.78, 5) is 21.6. The van der Waals surface area contributed by atoms with Crippen molar-refractivity contribution >= 4 is 5.91 Å². The van der Waals surface area contributed by atoms with Crippen molar-refractivity contribution in [2.24, 2.45) is 5.92 Å². The highest BCUT2D eigenvalue weighted by molar-refractivity contribution is 5.79. The summed E-state index contributed by atoms with van der Waals surface area (Å²) in [7, 11) is 1.63. The van der Waals surface area contributed by atoms with Crippen LogP contribution in [0.1, 0.15) is 54.4 Å². The van der Waals surface area contributed by atoms with Crippen LogP contribution in [-0.4, -0.2) is 34.7 Å². The molecule has 7 heteroatoms. The molecule has 168 valence electrons. The number of carbonyl (C=O) groups excluding carboxylic acids is 1. The number of nitrogens with zero attached hydrogens (tertiary/aromatic N) is 3. The van der Waals surface area contributed by atoms with E-state index in [2.05, 4.69) is 15.5 Å². The molecule has 0 atom stereocenters. The first-order chi connectivity index (χ1) is 15.5. The van der Waals surface area contributed by atoms with Gasteiger partial charge in [0.25, 0.3) is 0 Å². The van der Waals surface area contributed by atoms with Crippen molar-refractivity contribution in [3.63, 3.8) is 0 Å². The van der Waals surface area contributed by atoms with Crippen LogP contribution in [0.3, 0.4) is 0 Å². The molecule has 1 fully saturated rings. The fourth-order valence-corrected chi connectivity index (χ4v) is 4.46. The van der Waals surface area contributed by atoms with Crippen molar-refractivity contribution in [3.8, 4) is 17.1 Å². The molecule has 1 N–H and O–H groups in total. The fraction of sp³-hybridized carbons (Fsp3) is 0.440. The van der Waals surface area contributed by atoms with Crippen LogP contribution in [0.25, 0.3) is 11.3 Å². The van der Waals surface area contributed by atoms with Crippen LogP contribution in [0.15, 0.2) is 41.1 Å². The molecule has 0 saturated heterocycles. The molecule has 1 aromatic carbocycles. The Balaban J connectivity index is 1.33. The number of rotatable bonds is 7. The van der Waals surface area contributed by atoms with Gasteiger partial charge in [-0.2, -0.15) is 0 Å². The van der Waals surface area contributed by atoms with Crippen molar-refractivity contribution in [3.05, 3.63) is 59.3 Å². The first-order valence-corrected chi connectivity index (χ1v) is 11.2. The molecule has 7 nitrogen and oxygen atoms in total. The number of hydrogen-bond donors (Lipinski definition) is 1. The Morgan fingerprint density at radius 2 is 1.97 bits per heavy atom. The molecule has 0 radical (unpaired) electrons. The van der Waals surface area contributed by atoms with Crippen molar-refractivity contribution in [2.45, 2.75) is 51.9 Å². The van der Waals surface area contributed by atoms with E-state index in [1.165, 1.54) is 0 Å². The van der Waals surface area contributed by atoms with Gasteiger partial charge in [-0.05, 0) is 51.5 Å². The van der Waals surface area contributed by atoms with Gasteiger partial charge in [0.1, 0.15) is 11.6 Å². The van der Waals surface area contributed by atoms with Crippen molar-refractivity contribution < 1.29 is 14.1 Å². The molecule has 0 spiro atoms. The monoisotopic (exact) mass is 434 g/mol. The van der Waals surface area contributed by atoms with E-state index >= 15 is 0 Å². The van der Waals surface area contributed by atoms with Crippen molar-refractivity contribution in [1.29, 1.82) is 0 Å². The summed E-state index contributed by atoms with van der Waals surface area (Å²) in [5.74, 6) is 3.12. The molecule has 3 aromatic rings. The van der Waals surface area contributed by atoms with Crippen LogP contribution in [0.4, 0.5) is 0 Å². The van der Waals surface area contributed by atoms with E-state index in [1.807, 2.05) is 50.4 Å². The van der Waals surface area contributed by atoms with Gasteiger partial charge in [0.2, 0.25) is 5.91 Å². The maximum atomic E-state index is 12.5. The van der Waals surface area contributed by atoms with Gasteiger partial charge in [-0.1, -0.05) is 23.4 Å². The average molecular weight is 435 g/mol. The highest BCUT2D eigenvalue weighted by atomic mass is 16.5. The number of ether oxygens (including phenoxy) is 1. The number of benzene rings is 1. The Hall–Kier alpha value is -3.22. The number of hydrogen-bond acceptors (Lipinski definition) is 6. The van der Waals surface area contributed by atoms with Gasteiger partial charge in [-0.15, -0.1) is 0 Å². The second-order valence-electron chi connectivity index (χ2n) is 8.56. The number of aryl methyl sites for hydroxylation is 2. The third kappa shape index (κ3) is 5.15. The third-order valence-electron chi connectivity index (χ3n) is 6.20. The van der Waals surface area contributed by atoms with E-state index in [-0.39, 0.29) is 5.91 Å². The topological polar surface area (TPSA) is 90.1 Å². The molecule has 4 rings (SSSR count). The lowest BCUT2D eigenvalue weighted by Crippen LogP contribution is -2.32. The SMILES string of the molecule is COc1ccccc1CC(=O)NCC1CCC(c2nc(C)ncc2-c2cc(C)no2)CC1. The Morgan fingerprint density at radius 1 is 1.19 bits per heavy atom. The highest BCUT2D eigenvalue weighted by Gasteiger charge is 2.27. The highest BCUT2D eigenvalue weighted by Crippen LogP contribution is 2.38. The van der Waals surface area contributed by atoms with E-state index in [0.717, 1.165) is 65.5 Å². The van der Waals surface area contributed by atoms with Crippen LogP contribution in [0.5, 0.6) is 5.75 Å². The summed E-state index contributed by atoms with van der Waals surface area (Å²) in [6.07, 6.45) is 6.35. The minimum absolute atomic E-state index is 0.0334. The first-order valence-electron chi connectivity index (χ1n) is 11.2. The van der Waals surface area contributed by atoms with Gasteiger partial charge >= 0.3 is 0 Å². The summed E-state index contributed by atoms with van der Waals surface area (Å²) >= 11 is 0. The average Bonchev–Trinajstić information content (AvgIpc) is 3.24. The van der Waals surface area contributed by atoms with E-state index in [0.29, 0.717) is 24.8 Å². The second-order valence-corrected chi connectivity index (χ2v) is 8.56. The summed E-state index contributed by atoms with van der Waals surface area (Å²) < 4.78 is 10.8. The molecule has 1 aliphatic carbocycles. The molecule has 0 bridgehead atoms. The standard InChI is InChI=1S/C25H30N4O3/c1-16-12-23(32-29-16)21-15-26-17(2)28-25(21)19-10-8-18(9-11-19)14-27-24(30)13-20-6-4-5-7-22(20)31-3/h4-7,12,15,18-19H,8-11,13-14H2,1-3H3,(H,27,30). The fourth-order valence-electron chi connectivity index (χ4n) is 4.46. The summed E-state index contributed by atoms with van der Waals surface area (Å²) in [6, 6.07) is 9.58. The molecule has 0 unspecified atom stereocenters. The lowest BCUT2D eigenvalue weighted by atomic mass is 9.79. The number of amides is 1. The maximum absolute atomic E-state index is 12.5. The molecule has 2 heterocycles. The molecule has 2 aromatic heterocycles. The van der Waals surface area contributed by atoms with E-state index < -0.39 is 0 Å². The van der Waals surface area contributed by atoms with Gasteiger partial charge in [0.05, 0.1) is 30.5 Å². The van der Waals surface area contributed by atoms with E-state index in [4.69, 9.17) is 14.2 Å². The third-order valence-corrected chi connectivity index (χ3v) is 6.20. The number of carbonyl (C=O) groups is 1. The van der Waals surface area contributed by atoms with E-state index in [1.54, 1.807) is 7.11 Å². The van der Waals surface area contributed by atoms with E-state index in [9.17, 15) is 4.79 Å². The molecule has 32 heavy (non-hydrogen) atoms. The van der Waals surface area contributed by atoms with Gasteiger partial charge in [-0.25, -0.2) is 9.97 Å². The summed E-state index contributed by atoms with van der Waals surface area (Å²) in [5.41, 5.74) is 3.74. The minimum atomic E-state index is 0.0334. The zero-order valence-electron chi connectivity index (χ0n) is 18.9. The molecule has 1 aliphatic rings. The number of para-hydroxylation sites is 1. The van der Waals surface area contributed by atoms with Gasteiger partial charge in [0, 0.05) is 30.3 Å². The lowest BCUT2D eigenvalue weighted by Gasteiger charge is -2.29. The first kappa shape index (κ1) is 22.0. The number of aromatic nitrogens is 3. The molecule has 1 amide bonds. The van der Waals surface area contributed by atoms with Gasteiger partial charge in [-0.3, -0.25) is 4.79 Å². The van der Waals surface area contributed by atoms with Gasteiger partial charge in [0.15, 0.2) is 5.76 Å². The maximum Gasteiger partial charge on any atom is 0.224 e. The second kappa shape index (κ2) is 9.94. The Kier molecular flexibility index (Phi) is 6.83. The van der Waals surface area contributed by atoms with Crippen LogP contribution in [-0.2, 0) is 11.2 Å². The van der Waals surface area contributed by atoms with Crippen LogP contribution in [0.2, 0.25) is 0 Å². The quantitative estimate of drug-likeness (QED) is 0.593. The Morgan fingerprint density at radius 3 is 2.69 bits per heavy atom. The zero-order valence-corrected chi connectivity index (χ0v) is 18.9. The lowest BCUT2D eigenvalue weighted by molar-refractivity contribution is -0.120. The van der Waals surface area contributed by atoms with Gasteiger partial charge < -0.3 is 14.6 Å². The normalized spacial score (nSPS) is 18.3. The number of nitrogens with one attached hydrogen (secondary N) is 1. The van der Waals surface area contributed by atoms with Crippen LogP contribution >= 0.6 is 0 Å². The largest absolute Gasteiger partial charge is 0.496 e. The zero-order chi connectivity index (χ0) is 22.5. The van der Waals surface area contributed by atoms with Crippen molar-refractivity contribution in [1.82, 2.24) is 20.4 Å². The Labute approximate surface area is 188 Å². The Bertz CT molecular complexity index is 1070. The summed E-state index contributed by atoms with van der Waals surface area (Å²) in [6.45, 7) is 4.54. The molecule has 1 saturated carbocycles. The predicted molar refractivity (Wildman–Crippen MR) is 121 cm³/mol. The van der Waals surface area contributed by atoms with Crippen molar-refractivity contribution in [2.75, 3.05) is 13.7 Å². The molecule has 0 aliphatic heterocycles. The molecular weight excluding hydrogens is 404 g/mol. The van der Waals surface area contributed by atoms with Crippen LogP contribution < -0.4 is 10.1 Å². The number of methoxy groups -OCH3 is 1. The smallest absolute Gasteiger partial charge is 0.224 e. The molecular formula is C25H30N4O3.